The van der Waals surface area contributed by atoms with E-state index in [0.29, 0.717) is 23.5 Å². The van der Waals surface area contributed by atoms with Crippen LogP contribution in [0.5, 0.6) is 0 Å². The number of anilines is 1. The van der Waals surface area contributed by atoms with Gasteiger partial charge in [-0.05, 0) is 44.7 Å². The van der Waals surface area contributed by atoms with Gasteiger partial charge in [-0.25, -0.2) is 0 Å². The lowest BCUT2D eigenvalue weighted by molar-refractivity contribution is 0.0690. The molecule has 1 fully saturated rings. The first-order valence-electron chi connectivity index (χ1n) is 6.96. The highest BCUT2D eigenvalue weighted by atomic mass is 16.2. The van der Waals surface area contributed by atoms with Crippen molar-refractivity contribution in [2.45, 2.75) is 39.7 Å². The molecule has 1 amide bonds. The molecule has 19 heavy (non-hydrogen) atoms. The average Bonchev–Trinajstić information content (AvgIpc) is 2.39. The highest BCUT2D eigenvalue weighted by Crippen LogP contribution is 2.17. The third-order valence-electron chi connectivity index (χ3n) is 3.39. The van der Waals surface area contributed by atoms with Crippen LogP contribution in [0.3, 0.4) is 0 Å². The summed E-state index contributed by atoms with van der Waals surface area (Å²) >= 11 is 0. The van der Waals surface area contributed by atoms with Crippen molar-refractivity contribution < 1.29 is 4.79 Å². The largest absolute Gasteiger partial charge is 0.366 e. The molecule has 1 aliphatic heterocycles. The van der Waals surface area contributed by atoms with E-state index in [0.717, 1.165) is 25.9 Å². The Kier molecular flexibility index (Phi) is 4.35. The molecule has 104 valence electrons. The van der Waals surface area contributed by atoms with Gasteiger partial charge >= 0.3 is 0 Å². The summed E-state index contributed by atoms with van der Waals surface area (Å²) in [6, 6.07) is 3.87. The summed E-state index contributed by atoms with van der Waals surface area (Å²) in [4.78, 5) is 14.1. The smallest absolute Gasteiger partial charge is 0.274 e. The van der Waals surface area contributed by atoms with E-state index >= 15 is 0 Å². The van der Waals surface area contributed by atoms with Gasteiger partial charge in [-0.3, -0.25) is 4.79 Å². The van der Waals surface area contributed by atoms with Gasteiger partial charge in [0.1, 0.15) is 5.82 Å². The van der Waals surface area contributed by atoms with Gasteiger partial charge in [0, 0.05) is 19.1 Å². The Balaban J connectivity index is 1.99. The van der Waals surface area contributed by atoms with Gasteiger partial charge in [0.25, 0.3) is 5.91 Å². The Hall–Kier alpha value is -1.65. The van der Waals surface area contributed by atoms with E-state index in [9.17, 15) is 4.79 Å². The van der Waals surface area contributed by atoms with Crippen molar-refractivity contribution in [1.82, 2.24) is 15.1 Å². The van der Waals surface area contributed by atoms with E-state index in [1.165, 1.54) is 0 Å². The lowest BCUT2D eigenvalue weighted by Crippen LogP contribution is -2.38. The molecule has 0 spiro atoms. The predicted molar refractivity (Wildman–Crippen MR) is 75.1 cm³/mol. The second-order valence-corrected chi connectivity index (χ2v) is 5.58. The fourth-order valence-corrected chi connectivity index (χ4v) is 2.19. The van der Waals surface area contributed by atoms with E-state index in [4.69, 9.17) is 0 Å². The molecule has 0 saturated carbocycles. The third kappa shape index (κ3) is 3.66. The summed E-state index contributed by atoms with van der Waals surface area (Å²) in [5, 5.41) is 11.2. The summed E-state index contributed by atoms with van der Waals surface area (Å²) in [6.07, 6.45) is 2.15. The summed E-state index contributed by atoms with van der Waals surface area (Å²) in [7, 11) is 0. The first-order chi connectivity index (χ1) is 9.06. The maximum absolute atomic E-state index is 12.2. The van der Waals surface area contributed by atoms with Crippen LogP contribution < -0.4 is 5.32 Å². The van der Waals surface area contributed by atoms with Crippen LogP contribution in [0.4, 0.5) is 5.82 Å². The second kappa shape index (κ2) is 5.99. The van der Waals surface area contributed by atoms with Gasteiger partial charge in [0.15, 0.2) is 5.69 Å². The molecule has 0 atom stereocenters. The number of hydrogen-bond acceptors (Lipinski definition) is 4. The molecule has 5 heteroatoms. The number of nitrogens with zero attached hydrogens (tertiary/aromatic N) is 3. The molecule has 0 aliphatic carbocycles. The van der Waals surface area contributed by atoms with Gasteiger partial charge in [-0.15, -0.1) is 10.2 Å². The quantitative estimate of drug-likeness (QED) is 0.907. The fraction of sp³-hybridized carbons (Fsp3) is 0.643. The van der Waals surface area contributed by atoms with Crippen LogP contribution in [0.15, 0.2) is 12.1 Å². The second-order valence-electron chi connectivity index (χ2n) is 5.58. The number of aromatic nitrogens is 2. The number of amides is 1. The van der Waals surface area contributed by atoms with Crippen LogP contribution in [0.2, 0.25) is 0 Å². The summed E-state index contributed by atoms with van der Waals surface area (Å²) in [5.74, 6) is 1.42. The van der Waals surface area contributed by atoms with Crippen LogP contribution in [0.25, 0.3) is 0 Å². The normalized spacial score (nSPS) is 16.7. The number of likely N-dealkylation sites (tertiary alicyclic amines) is 1. The number of nitrogens with one attached hydrogen (secondary N) is 1. The van der Waals surface area contributed by atoms with Crippen LogP contribution in [-0.4, -0.2) is 40.1 Å². The molecular weight excluding hydrogens is 240 g/mol. The lowest BCUT2D eigenvalue weighted by Gasteiger charge is -2.29. The first kappa shape index (κ1) is 13.8. The van der Waals surface area contributed by atoms with Gasteiger partial charge < -0.3 is 10.2 Å². The van der Waals surface area contributed by atoms with Crippen LogP contribution in [0, 0.1) is 5.92 Å². The molecule has 5 nitrogen and oxygen atoms in total. The number of carbonyl (C=O) groups excluding carboxylic acids is 1. The minimum atomic E-state index is -0.00417. The molecule has 1 aliphatic rings. The lowest BCUT2D eigenvalue weighted by atomic mass is 9.99. The van der Waals surface area contributed by atoms with Crippen LogP contribution in [-0.2, 0) is 0 Å². The topological polar surface area (TPSA) is 58.1 Å². The van der Waals surface area contributed by atoms with E-state index in [2.05, 4.69) is 22.4 Å². The van der Waals surface area contributed by atoms with Crippen molar-refractivity contribution in [2.24, 2.45) is 5.92 Å². The summed E-state index contributed by atoms with van der Waals surface area (Å²) in [6.45, 7) is 7.96. The van der Waals surface area contributed by atoms with E-state index in [-0.39, 0.29) is 5.91 Å². The number of rotatable bonds is 3. The molecule has 0 bridgehead atoms. The van der Waals surface area contributed by atoms with Gasteiger partial charge in [-0.2, -0.15) is 0 Å². The Bertz CT molecular complexity index is 422. The molecule has 1 aromatic rings. The number of piperidine rings is 1. The van der Waals surface area contributed by atoms with Crippen LogP contribution in [0.1, 0.15) is 44.1 Å². The third-order valence-corrected chi connectivity index (χ3v) is 3.39. The Labute approximate surface area is 114 Å². The van der Waals surface area contributed by atoms with Crippen molar-refractivity contribution in [3.63, 3.8) is 0 Å². The highest BCUT2D eigenvalue weighted by molar-refractivity contribution is 5.92. The minimum absolute atomic E-state index is 0.00417. The first-order valence-corrected chi connectivity index (χ1v) is 6.96. The molecule has 0 aromatic carbocycles. The SMILES string of the molecule is CC1CCN(C(=O)c2ccc(NC(C)C)nn2)CC1. The van der Waals surface area contributed by atoms with Crippen molar-refractivity contribution in [1.29, 1.82) is 0 Å². The molecule has 0 radical (unpaired) electrons. The molecular formula is C14H22N4O. The zero-order valence-corrected chi connectivity index (χ0v) is 11.9. The van der Waals surface area contributed by atoms with Gasteiger partial charge in [-0.1, -0.05) is 6.92 Å². The summed E-state index contributed by atoms with van der Waals surface area (Å²) < 4.78 is 0. The average molecular weight is 262 g/mol. The molecule has 0 unspecified atom stereocenters. The van der Waals surface area contributed by atoms with E-state index < -0.39 is 0 Å². The van der Waals surface area contributed by atoms with Crippen molar-refractivity contribution >= 4 is 11.7 Å². The number of carbonyl (C=O) groups is 1. The maximum Gasteiger partial charge on any atom is 0.274 e. The monoisotopic (exact) mass is 262 g/mol. The van der Waals surface area contributed by atoms with E-state index in [1.54, 1.807) is 6.07 Å². The number of hydrogen-bond donors (Lipinski definition) is 1. The molecule has 1 saturated heterocycles. The van der Waals surface area contributed by atoms with Crippen molar-refractivity contribution in [2.75, 3.05) is 18.4 Å². The predicted octanol–water partition coefficient (Wildman–Crippen LogP) is 2.17. The zero-order valence-electron chi connectivity index (χ0n) is 11.9. The molecule has 1 aromatic heterocycles. The Morgan fingerprint density at radius 3 is 2.53 bits per heavy atom. The fourth-order valence-electron chi connectivity index (χ4n) is 2.19. The molecule has 2 heterocycles. The highest BCUT2D eigenvalue weighted by Gasteiger charge is 2.22. The van der Waals surface area contributed by atoms with E-state index in [1.807, 2.05) is 24.8 Å². The standard InChI is InChI=1S/C14H22N4O/c1-10(2)15-13-5-4-12(16-17-13)14(19)18-8-6-11(3)7-9-18/h4-5,10-11H,6-9H2,1-3H3,(H,15,17). The maximum atomic E-state index is 12.2. The Morgan fingerprint density at radius 2 is 2.00 bits per heavy atom. The van der Waals surface area contributed by atoms with Crippen molar-refractivity contribution in [3.8, 4) is 0 Å². The Morgan fingerprint density at radius 1 is 1.32 bits per heavy atom. The van der Waals surface area contributed by atoms with Gasteiger partial charge in [0.2, 0.25) is 0 Å². The minimum Gasteiger partial charge on any atom is -0.366 e. The molecule has 2 rings (SSSR count). The van der Waals surface area contributed by atoms with Crippen LogP contribution >= 0.6 is 0 Å². The summed E-state index contributed by atoms with van der Waals surface area (Å²) in [5.41, 5.74) is 0.434. The molecule has 1 N–H and O–H groups in total. The van der Waals surface area contributed by atoms with Gasteiger partial charge in [0.05, 0.1) is 0 Å². The van der Waals surface area contributed by atoms with Crippen molar-refractivity contribution in [3.05, 3.63) is 17.8 Å². The zero-order chi connectivity index (χ0) is 13.8.